The van der Waals surface area contributed by atoms with E-state index in [0.29, 0.717) is 0 Å². The molecular weight excluding hydrogens is 302 g/mol. The third kappa shape index (κ3) is 2.70. The molecule has 0 amide bonds. The minimum Gasteiger partial charge on any atom is -0.342 e. The Labute approximate surface area is 122 Å². The van der Waals surface area contributed by atoms with Gasteiger partial charge in [0.15, 0.2) is 0 Å². The standard InChI is InChI=1S/C15H20BrN3/c1-10-7-11(16)8-12-14(10)19-13(18-12)9-15(17)5-3-2-4-6-15/h7-8H,2-6,9,17H2,1H3,(H,18,19). The van der Waals surface area contributed by atoms with Crippen LogP contribution in [0, 0.1) is 6.92 Å². The van der Waals surface area contributed by atoms with Gasteiger partial charge in [0, 0.05) is 16.4 Å². The number of nitrogens with two attached hydrogens (primary N) is 1. The molecule has 3 rings (SSSR count). The molecule has 0 bridgehead atoms. The van der Waals surface area contributed by atoms with Gasteiger partial charge >= 0.3 is 0 Å². The molecule has 1 aromatic carbocycles. The number of fused-ring (bicyclic) bond motifs is 1. The molecule has 0 aliphatic heterocycles. The van der Waals surface area contributed by atoms with E-state index in [1.54, 1.807) is 0 Å². The van der Waals surface area contributed by atoms with Crippen molar-refractivity contribution >= 4 is 27.0 Å². The first-order valence-electron chi connectivity index (χ1n) is 6.99. The lowest BCUT2D eigenvalue weighted by atomic mass is 9.80. The number of hydrogen-bond donors (Lipinski definition) is 2. The summed E-state index contributed by atoms with van der Waals surface area (Å²) in [5, 5.41) is 0. The van der Waals surface area contributed by atoms with Gasteiger partial charge in [-0.15, -0.1) is 0 Å². The van der Waals surface area contributed by atoms with Crippen molar-refractivity contribution in [1.29, 1.82) is 0 Å². The number of halogens is 1. The number of benzene rings is 1. The summed E-state index contributed by atoms with van der Waals surface area (Å²) in [6, 6.07) is 4.19. The van der Waals surface area contributed by atoms with Crippen molar-refractivity contribution in [2.75, 3.05) is 0 Å². The van der Waals surface area contributed by atoms with E-state index in [1.165, 1.54) is 24.8 Å². The summed E-state index contributed by atoms with van der Waals surface area (Å²) in [5.41, 5.74) is 9.81. The molecule has 4 heteroatoms. The van der Waals surface area contributed by atoms with Crippen molar-refractivity contribution < 1.29 is 0 Å². The number of aromatic nitrogens is 2. The minimum absolute atomic E-state index is 0.0583. The molecule has 0 saturated heterocycles. The van der Waals surface area contributed by atoms with Gasteiger partial charge in [0.1, 0.15) is 5.82 Å². The lowest BCUT2D eigenvalue weighted by molar-refractivity contribution is 0.290. The minimum atomic E-state index is -0.0583. The highest BCUT2D eigenvalue weighted by molar-refractivity contribution is 9.10. The number of hydrogen-bond acceptors (Lipinski definition) is 2. The highest BCUT2D eigenvalue weighted by Crippen LogP contribution is 2.29. The summed E-state index contributed by atoms with van der Waals surface area (Å²) in [6.07, 6.45) is 6.92. The van der Waals surface area contributed by atoms with Crippen molar-refractivity contribution in [3.63, 3.8) is 0 Å². The van der Waals surface area contributed by atoms with E-state index in [9.17, 15) is 0 Å². The Morgan fingerprint density at radius 2 is 2.05 bits per heavy atom. The summed E-state index contributed by atoms with van der Waals surface area (Å²) >= 11 is 3.53. The second kappa shape index (κ2) is 4.91. The SMILES string of the molecule is Cc1cc(Br)cc2[nH]c(CC3(N)CCCCC3)nc12. The van der Waals surface area contributed by atoms with Gasteiger partial charge in [-0.1, -0.05) is 35.2 Å². The van der Waals surface area contributed by atoms with Gasteiger partial charge in [-0.3, -0.25) is 0 Å². The number of H-pyrrole nitrogens is 1. The quantitative estimate of drug-likeness (QED) is 0.883. The molecule has 2 aromatic rings. The predicted molar refractivity (Wildman–Crippen MR) is 82.2 cm³/mol. The van der Waals surface area contributed by atoms with Crippen LogP contribution in [0.5, 0.6) is 0 Å². The first-order valence-corrected chi connectivity index (χ1v) is 7.79. The second-order valence-corrected chi connectivity index (χ2v) is 6.82. The van der Waals surface area contributed by atoms with E-state index < -0.39 is 0 Å². The summed E-state index contributed by atoms with van der Waals surface area (Å²) < 4.78 is 1.09. The molecule has 1 saturated carbocycles. The molecule has 0 unspecified atom stereocenters. The van der Waals surface area contributed by atoms with Crippen LogP contribution in [0.3, 0.4) is 0 Å². The number of aryl methyl sites for hydroxylation is 1. The molecule has 19 heavy (non-hydrogen) atoms. The summed E-state index contributed by atoms with van der Waals surface area (Å²) in [5.74, 6) is 1.03. The van der Waals surface area contributed by atoms with E-state index in [2.05, 4.69) is 40.0 Å². The molecule has 3 N–H and O–H groups in total. The Morgan fingerprint density at radius 1 is 1.32 bits per heavy atom. The Bertz CT molecular complexity index is 597. The van der Waals surface area contributed by atoms with Gasteiger partial charge in [0.25, 0.3) is 0 Å². The average molecular weight is 322 g/mol. The van der Waals surface area contributed by atoms with Crippen LogP contribution in [0.15, 0.2) is 16.6 Å². The van der Waals surface area contributed by atoms with E-state index in [1.807, 2.05) is 0 Å². The van der Waals surface area contributed by atoms with Crippen molar-refractivity contribution in [3.05, 3.63) is 28.0 Å². The first-order chi connectivity index (χ1) is 9.06. The Kier molecular flexibility index (Phi) is 3.39. The summed E-state index contributed by atoms with van der Waals surface area (Å²) in [7, 11) is 0. The van der Waals surface area contributed by atoms with Gasteiger partial charge < -0.3 is 10.7 Å². The van der Waals surface area contributed by atoms with E-state index in [0.717, 1.165) is 40.6 Å². The summed E-state index contributed by atoms with van der Waals surface area (Å²) in [4.78, 5) is 8.16. The number of rotatable bonds is 2. The Hall–Kier alpha value is -0.870. The molecular formula is C15H20BrN3. The van der Waals surface area contributed by atoms with Gasteiger partial charge in [0.05, 0.1) is 11.0 Å². The van der Waals surface area contributed by atoms with E-state index in [-0.39, 0.29) is 5.54 Å². The normalized spacial score (nSPS) is 18.9. The Morgan fingerprint density at radius 3 is 2.79 bits per heavy atom. The third-order valence-electron chi connectivity index (χ3n) is 4.16. The van der Waals surface area contributed by atoms with Crippen LogP contribution in [0.4, 0.5) is 0 Å². The van der Waals surface area contributed by atoms with Crippen molar-refractivity contribution in [2.45, 2.75) is 51.0 Å². The zero-order valence-corrected chi connectivity index (χ0v) is 12.9. The molecule has 1 aliphatic rings. The molecule has 0 radical (unpaired) electrons. The maximum absolute atomic E-state index is 6.51. The van der Waals surface area contributed by atoms with Gasteiger partial charge in [-0.05, 0) is 37.5 Å². The van der Waals surface area contributed by atoms with Gasteiger partial charge in [-0.25, -0.2) is 4.98 Å². The largest absolute Gasteiger partial charge is 0.342 e. The lowest BCUT2D eigenvalue weighted by Gasteiger charge is -2.32. The Balaban J connectivity index is 1.91. The molecule has 1 fully saturated rings. The smallest absolute Gasteiger partial charge is 0.109 e. The molecule has 0 spiro atoms. The van der Waals surface area contributed by atoms with E-state index in [4.69, 9.17) is 10.7 Å². The first kappa shape index (κ1) is 13.1. The zero-order valence-electron chi connectivity index (χ0n) is 11.3. The van der Waals surface area contributed by atoms with Crippen molar-refractivity contribution in [1.82, 2.24) is 9.97 Å². The average Bonchev–Trinajstić information content (AvgIpc) is 2.71. The van der Waals surface area contributed by atoms with Gasteiger partial charge in [-0.2, -0.15) is 0 Å². The van der Waals surface area contributed by atoms with Crippen LogP contribution in [-0.4, -0.2) is 15.5 Å². The fourth-order valence-electron chi connectivity index (χ4n) is 3.15. The molecule has 0 atom stereocenters. The number of nitrogens with zero attached hydrogens (tertiary/aromatic N) is 1. The topological polar surface area (TPSA) is 54.7 Å². The molecule has 1 aliphatic carbocycles. The lowest BCUT2D eigenvalue weighted by Crippen LogP contribution is -2.44. The fourth-order valence-corrected chi connectivity index (χ4v) is 3.72. The van der Waals surface area contributed by atoms with Gasteiger partial charge in [0.2, 0.25) is 0 Å². The fraction of sp³-hybridized carbons (Fsp3) is 0.533. The number of imidazole rings is 1. The zero-order chi connectivity index (χ0) is 13.5. The highest BCUT2D eigenvalue weighted by Gasteiger charge is 2.28. The molecule has 3 nitrogen and oxygen atoms in total. The van der Waals surface area contributed by atoms with Crippen LogP contribution in [0.2, 0.25) is 0 Å². The molecule has 102 valence electrons. The monoisotopic (exact) mass is 321 g/mol. The van der Waals surface area contributed by atoms with Crippen LogP contribution < -0.4 is 5.73 Å². The molecule has 1 heterocycles. The predicted octanol–water partition coefficient (Wildman–Crippen LogP) is 3.84. The maximum Gasteiger partial charge on any atom is 0.109 e. The van der Waals surface area contributed by atoms with Crippen molar-refractivity contribution in [2.24, 2.45) is 5.73 Å². The highest BCUT2D eigenvalue weighted by atomic mass is 79.9. The number of nitrogens with one attached hydrogen (secondary N) is 1. The van der Waals surface area contributed by atoms with Crippen LogP contribution >= 0.6 is 15.9 Å². The summed E-state index contributed by atoms with van der Waals surface area (Å²) in [6.45, 7) is 2.09. The maximum atomic E-state index is 6.51. The van der Waals surface area contributed by atoms with Crippen LogP contribution in [-0.2, 0) is 6.42 Å². The third-order valence-corrected chi connectivity index (χ3v) is 4.62. The number of aromatic amines is 1. The van der Waals surface area contributed by atoms with Crippen LogP contribution in [0.25, 0.3) is 11.0 Å². The molecule has 1 aromatic heterocycles. The van der Waals surface area contributed by atoms with Crippen LogP contribution in [0.1, 0.15) is 43.5 Å². The second-order valence-electron chi connectivity index (χ2n) is 5.90. The van der Waals surface area contributed by atoms with Crippen molar-refractivity contribution in [3.8, 4) is 0 Å². The van der Waals surface area contributed by atoms with E-state index >= 15 is 0 Å².